The molecular formula is C23H22ClF6N3O4S. The van der Waals surface area contributed by atoms with Crippen LogP contribution >= 0.6 is 11.6 Å². The van der Waals surface area contributed by atoms with Crippen LogP contribution < -0.4 is 14.9 Å². The number of halogens is 7. The van der Waals surface area contributed by atoms with Crippen molar-refractivity contribution in [2.24, 2.45) is 0 Å². The van der Waals surface area contributed by atoms with Crippen LogP contribution in [0.1, 0.15) is 47.6 Å². The molecule has 3 rings (SSSR count). The zero-order valence-electron chi connectivity index (χ0n) is 19.7. The average molecular weight is 586 g/mol. The molecule has 208 valence electrons. The Bertz CT molecular complexity index is 1300. The lowest BCUT2D eigenvalue weighted by Crippen LogP contribution is -2.43. The lowest BCUT2D eigenvalue weighted by molar-refractivity contribution is -0.143. The summed E-state index contributed by atoms with van der Waals surface area (Å²) < 4.78 is 104. The third kappa shape index (κ3) is 7.76. The number of sulfonamides is 1. The second-order valence-electron chi connectivity index (χ2n) is 8.71. The molecule has 7 nitrogen and oxygen atoms in total. The van der Waals surface area contributed by atoms with Gasteiger partial charge in [0, 0.05) is 18.0 Å². The zero-order valence-corrected chi connectivity index (χ0v) is 21.3. The van der Waals surface area contributed by atoms with Crippen molar-refractivity contribution >= 4 is 39.2 Å². The summed E-state index contributed by atoms with van der Waals surface area (Å²) in [5, 5.41) is 2.93. The lowest BCUT2D eigenvalue weighted by atomic mass is 9.99. The number of nitrogens with one attached hydrogen (secondary N) is 2. The van der Waals surface area contributed by atoms with Crippen molar-refractivity contribution in [2.75, 3.05) is 17.7 Å². The fourth-order valence-corrected chi connectivity index (χ4v) is 4.63. The van der Waals surface area contributed by atoms with Crippen LogP contribution in [0.3, 0.4) is 0 Å². The summed E-state index contributed by atoms with van der Waals surface area (Å²) in [5.74, 6) is -0.643. The third-order valence-electron chi connectivity index (χ3n) is 5.67. The number of amides is 3. The molecule has 1 aliphatic heterocycles. The second-order valence-corrected chi connectivity index (χ2v) is 10.9. The highest BCUT2D eigenvalue weighted by Crippen LogP contribution is 2.37. The number of benzene rings is 2. The van der Waals surface area contributed by atoms with Crippen molar-refractivity contribution in [3.05, 3.63) is 63.7 Å². The number of fused-ring (bicyclic) bond motifs is 1. The topological polar surface area (TPSA) is 95.6 Å². The first-order chi connectivity index (χ1) is 17.4. The van der Waals surface area contributed by atoms with Gasteiger partial charge in [-0.3, -0.25) is 9.69 Å². The fraction of sp³-hybridized carbons (Fsp3) is 0.391. The first-order valence-electron chi connectivity index (χ1n) is 11.1. The summed E-state index contributed by atoms with van der Waals surface area (Å²) in [6, 6.07) is 4.02. The van der Waals surface area contributed by atoms with E-state index in [2.05, 4.69) is 5.32 Å². The predicted molar refractivity (Wildman–Crippen MR) is 127 cm³/mol. The molecule has 0 fully saturated rings. The molecule has 2 aromatic carbocycles. The van der Waals surface area contributed by atoms with Crippen LogP contribution in [0.2, 0.25) is 5.02 Å². The van der Waals surface area contributed by atoms with Gasteiger partial charge in [0.15, 0.2) is 0 Å². The molecule has 2 N–H and O–H groups in total. The average Bonchev–Trinajstić information content (AvgIpc) is 2.94. The second kappa shape index (κ2) is 11.0. The number of carbonyl (C=O) groups is 2. The fourth-order valence-electron chi connectivity index (χ4n) is 4.04. The maximum atomic E-state index is 13.1. The predicted octanol–water partition coefficient (Wildman–Crippen LogP) is 5.44. The molecule has 0 radical (unpaired) electrons. The summed E-state index contributed by atoms with van der Waals surface area (Å²) in [4.78, 5) is 26.4. The molecule has 0 spiro atoms. The Hall–Kier alpha value is -3.00. The highest BCUT2D eigenvalue weighted by atomic mass is 35.5. The third-order valence-corrected chi connectivity index (χ3v) is 6.45. The van der Waals surface area contributed by atoms with Gasteiger partial charge in [0.2, 0.25) is 15.9 Å². The van der Waals surface area contributed by atoms with Gasteiger partial charge >= 0.3 is 18.4 Å². The molecule has 1 atom stereocenters. The molecule has 1 unspecified atom stereocenters. The Morgan fingerprint density at radius 3 is 2.18 bits per heavy atom. The summed E-state index contributed by atoms with van der Waals surface area (Å²) in [6.07, 6.45) is -9.34. The van der Waals surface area contributed by atoms with Crippen LogP contribution in [0.25, 0.3) is 0 Å². The molecule has 3 amide bonds. The number of urea groups is 1. The first kappa shape index (κ1) is 29.6. The molecular weight excluding hydrogens is 564 g/mol. The van der Waals surface area contributed by atoms with Gasteiger partial charge in [-0.2, -0.15) is 26.3 Å². The van der Waals surface area contributed by atoms with Gasteiger partial charge in [-0.05, 0) is 60.7 Å². The van der Waals surface area contributed by atoms with Gasteiger partial charge in [0.1, 0.15) is 0 Å². The highest BCUT2D eigenvalue weighted by Gasteiger charge is 2.37. The van der Waals surface area contributed by atoms with E-state index in [1.54, 1.807) is 0 Å². The summed E-state index contributed by atoms with van der Waals surface area (Å²) in [6.45, 7) is 0.0888. The Balaban J connectivity index is 1.80. The van der Waals surface area contributed by atoms with E-state index >= 15 is 0 Å². The van der Waals surface area contributed by atoms with Crippen molar-refractivity contribution < 1.29 is 44.3 Å². The van der Waals surface area contributed by atoms with E-state index in [0.717, 1.165) is 11.2 Å². The minimum absolute atomic E-state index is 0.0167. The molecule has 15 heteroatoms. The summed E-state index contributed by atoms with van der Waals surface area (Å²) in [7, 11) is -3.87. The Kier molecular flexibility index (Phi) is 8.56. The van der Waals surface area contributed by atoms with Crippen LogP contribution in [0.4, 0.5) is 36.8 Å². The molecule has 0 aliphatic carbocycles. The largest absolute Gasteiger partial charge is 0.416 e. The van der Waals surface area contributed by atoms with E-state index in [-0.39, 0.29) is 35.3 Å². The number of aryl methyl sites for hydroxylation is 1. The molecule has 0 aromatic heterocycles. The first-order valence-corrected chi connectivity index (χ1v) is 13.4. The van der Waals surface area contributed by atoms with Gasteiger partial charge in [0.25, 0.3) is 0 Å². The number of rotatable bonds is 5. The monoisotopic (exact) mass is 585 g/mol. The van der Waals surface area contributed by atoms with Gasteiger partial charge < -0.3 is 5.32 Å². The number of hydrogen-bond acceptors (Lipinski definition) is 4. The highest BCUT2D eigenvalue weighted by molar-refractivity contribution is 7.89. The molecule has 0 saturated heterocycles. The van der Waals surface area contributed by atoms with Crippen LogP contribution in [-0.4, -0.2) is 33.2 Å². The zero-order chi connectivity index (χ0) is 28.5. The van der Waals surface area contributed by atoms with Crippen molar-refractivity contribution in [2.45, 2.75) is 44.1 Å². The van der Waals surface area contributed by atoms with E-state index in [4.69, 9.17) is 11.6 Å². The number of hydrogen-bond donors (Lipinski definition) is 2. The van der Waals surface area contributed by atoms with Crippen molar-refractivity contribution in [1.82, 2.24) is 10.0 Å². The molecule has 1 heterocycles. The number of carbonyl (C=O) groups excluding carboxylic acids is 2. The van der Waals surface area contributed by atoms with Gasteiger partial charge in [-0.1, -0.05) is 17.7 Å². The molecule has 1 aliphatic rings. The van der Waals surface area contributed by atoms with E-state index in [9.17, 15) is 44.3 Å². The van der Waals surface area contributed by atoms with Crippen molar-refractivity contribution in [1.29, 1.82) is 0 Å². The van der Waals surface area contributed by atoms with Gasteiger partial charge in [-0.15, -0.1) is 0 Å². The Morgan fingerprint density at radius 1 is 1.03 bits per heavy atom. The summed E-state index contributed by atoms with van der Waals surface area (Å²) >= 11 is 6.07. The van der Waals surface area contributed by atoms with Gasteiger partial charge in [-0.25, -0.2) is 17.9 Å². The minimum Gasteiger partial charge on any atom is -0.349 e. The van der Waals surface area contributed by atoms with E-state index in [0.29, 0.717) is 30.5 Å². The Morgan fingerprint density at radius 2 is 1.63 bits per heavy atom. The van der Waals surface area contributed by atoms with E-state index in [1.165, 1.54) is 18.2 Å². The maximum Gasteiger partial charge on any atom is 0.416 e. The van der Waals surface area contributed by atoms with Crippen LogP contribution in [0.15, 0.2) is 36.4 Å². The maximum absolute atomic E-state index is 13.1. The Labute approximate surface area is 219 Å². The van der Waals surface area contributed by atoms with Crippen molar-refractivity contribution in [3.8, 4) is 0 Å². The van der Waals surface area contributed by atoms with Crippen molar-refractivity contribution in [3.63, 3.8) is 0 Å². The normalized spacial score (nSPS) is 16.4. The SMILES string of the molecule is CS(=O)(=O)NC(=O)N1CCCC(NC(=O)CCc2cc(C(F)(F)F)cc(C(F)(F)F)c2)c2ccc(Cl)cc21. The smallest absolute Gasteiger partial charge is 0.349 e. The minimum atomic E-state index is -5.00. The van der Waals surface area contributed by atoms with Crippen LogP contribution in [-0.2, 0) is 33.6 Å². The number of nitrogens with zero attached hydrogens (tertiary/aromatic N) is 1. The van der Waals surface area contributed by atoms with Gasteiger partial charge in [0.05, 0.1) is 29.1 Å². The number of anilines is 1. The number of alkyl halides is 6. The lowest BCUT2D eigenvalue weighted by Gasteiger charge is -2.24. The quantitative estimate of drug-likeness (QED) is 0.457. The van der Waals surface area contributed by atoms with Crippen LogP contribution in [0.5, 0.6) is 0 Å². The molecule has 0 saturated carbocycles. The molecule has 38 heavy (non-hydrogen) atoms. The summed E-state index contributed by atoms with van der Waals surface area (Å²) in [5.41, 5.74) is -2.56. The van der Waals surface area contributed by atoms with E-state index in [1.807, 2.05) is 4.72 Å². The standard InChI is InChI=1S/C23H22ClF6N3O4S/c1-38(36,37)32-21(35)33-8-2-3-18(17-6-5-16(24)12-19(17)33)31-20(34)7-4-13-9-14(22(25,26)27)11-15(10-13)23(28,29)30/h5-6,9-12,18H,2-4,7-8H2,1H3,(H,31,34)(H,32,35). The van der Waals surface area contributed by atoms with E-state index < -0.39 is 57.9 Å². The van der Waals surface area contributed by atoms with Crippen LogP contribution in [0, 0.1) is 0 Å². The molecule has 0 bridgehead atoms. The molecule has 2 aromatic rings.